The highest BCUT2D eigenvalue weighted by atomic mass is 79.9. The Morgan fingerprint density at radius 3 is 2.50 bits per heavy atom. The monoisotopic (exact) mass is 328 g/mol. The maximum Gasteiger partial charge on any atom is 0.0835 e. The largest absolute Gasteiger partial charge is 0.389 e. The van der Waals surface area contributed by atoms with E-state index in [2.05, 4.69) is 21.0 Å². The molecule has 0 radical (unpaired) electrons. The van der Waals surface area contributed by atoms with E-state index in [1.54, 1.807) is 17.7 Å². The molecule has 0 saturated carbocycles. The molecule has 96 valence electrons. The molecule has 0 saturated heterocycles. The van der Waals surface area contributed by atoms with Crippen LogP contribution >= 0.6 is 27.5 Å². The molecule has 2 aromatic rings. The number of aromatic nitrogens is 2. The Hall–Kier alpha value is -0.840. The van der Waals surface area contributed by atoms with Crippen LogP contribution in [0.1, 0.15) is 30.0 Å². The first-order valence-corrected chi connectivity index (χ1v) is 6.78. The van der Waals surface area contributed by atoms with Gasteiger partial charge in [0.1, 0.15) is 0 Å². The number of nitrogens with zero attached hydrogens (tertiary/aromatic N) is 2. The van der Waals surface area contributed by atoms with Crippen molar-refractivity contribution in [2.45, 2.75) is 26.9 Å². The van der Waals surface area contributed by atoms with Gasteiger partial charge in [0.2, 0.25) is 0 Å². The van der Waals surface area contributed by atoms with Gasteiger partial charge in [-0.05, 0) is 54.4 Å². The normalized spacial score (nSPS) is 12.8. The van der Waals surface area contributed by atoms with Crippen LogP contribution < -0.4 is 0 Å². The second kappa shape index (κ2) is 5.03. The molecule has 0 aliphatic rings. The van der Waals surface area contributed by atoms with Crippen LogP contribution in [0.4, 0.5) is 0 Å². The van der Waals surface area contributed by atoms with Gasteiger partial charge in [-0.25, -0.2) is 4.68 Å². The Morgan fingerprint density at radius 2 is 2.06 bits per heavy atom. The van der Waals surface area contributed by atoms with Crippen LogP contribution in [-0.2, 0) is 0 Å². The summed E-state index contributed by atoms with van der Waals surface area (Å²) in [6.45, 7) is 5.62. The topological polar surface area (TPSA) is 38.0 Å². The van der Waals surface area contributed by atoms with Gasteiger partial charge in [0.15, 0.2) is 0 Å². The van der Waals surface area contributed by atoms with E-state index in [1.807, 2.05) is 26.0 Å². The average Bonchev–Trinajstić information content (AvgIpc) is 2.57. The lowest BCUT2D eigenvalue weighted by Gasteiger charge is -2.10. The maximum absolute atomic E-state index is 9.52. The molecular formula is C13H14BrClN2O. The number of hydrogen-bond donors (Lipinski definition) is 1. The predicted molar refractivity (Wildman–Crippen MR) is 76.4 cm³/mol. The highest BCUT2D eigenvalue weighted by Gasteiger charge is 2.13. The molecule has 0 aliphatic heterocycles. The minimum Gasteiger partial charge on any atom is -0.389 e. The standard InChI is InChI=1S/C13H14BrClN2O/c1-7-13(14)8(2)17(16-7)12-5-4-10(9(3)18)6-11(12)15/h4-6,9,18H,1-3H3. The summed E-state index contributed by atoms with van der Waals surface area (Å²) < 4.78 is 2.78. The van der Waals surface area contributed by atoms with Crippen molar-refractivity contribution in [3.63, 3.8) is 0 Å². The molecule has 1 aromatic carbocycles. The molecular weight excluding hydrogens is 316 g/mol. The van der Waals surface area contributed by atoms with Gasteiger partial charge in [-0.1, -0.05) is 17.7 Å². The minimum atomic E-state index is -0.524. The lowest BCUT2D eigenvalue weighted by atomic mass is 10.1. The molecule has 2 rings (SSSR count). The van der Waals surface area contributed by atoms with E-state index in [0.717, 1.165) is 27.1 Å². The molecule has 1 aromatic heterocycles. The molecule has 0 spiro atoms. The summed E-state index contributed by atoms with van der Waals surface area (Å²) in [4.78, 5) is 0. The van der Waals surface area contributed by atoms with Crippen LogP contribution in [0.15, 0.2) is 22.7 Å². The first-order valence-electron chi connectivity index (χ1n) is 5.61. The van der Waals surface area contributed by atoms with Gasteiger partial charge in [0, 0.05) is 0 Å². The van der Waals surface area contributed by atoms with Crippen LogP contribution in [0.2, 0.25) is 5.02 Å². The van der Waals surface area contributed by atoms with Crippen molar-refractivity contribution in [2.75, 3.05) is 0 Å². The number of aryl methyl sites for hydroxylation is 1. The summed E-state index contributed by atoms with van der Waals surface area (Å²) in [5.74, 6) is 0. The number of halogens is 2. The second-order valence-electron chi connectivity index (χ2n) is 4.28. The van der Waals surface area contributed by atoms with Gasteiger partial charge in [0.25, 0.3) is 0 Å². The van der Waals surface area contributed by atoms with Crippen molar-refractivity contribution in [2.24, 2.45) is 0 Å². The van der Waals surface area contributed by atoms with Gasteiger partial charge < -0.3 is 5.11 Å². The van der Waals surface area contributed by atoms with Crippen LogP contribution in [0.25, 0.3) is 5.69 Å². The zero-order valence-corrected chi connectivity index (χ0v) is 12.7. The Kier molecular flexibility index (Phi) is 3.80. The van der Waals surface area contributed by atoms with Gasteiger partial charge in [-0.2, -0.15) is 5.10 Å². The zero-order valence-electron chi connectivity index (χ0n) is 10.4. The molecule has 0 bridgehead atoms. The van der Waals surface area contributed by atoms with Crippen molar-refractivity contribution >= 4 is 27.5 Å². The molecule has 0 amide bonds. The van der Waals surface area contributed by atoms with Gasteiger partial charge in [0.05, 0.1) is 32.7 Å². The van der Waals surface area contributed by atoms with Gasteiger partial charge >= 0.3 is 0 Å². The highest BCUT2D eigenvalue weighted by molar-refractivity contribution is 9.10. The highest BCUT2D eigenvalue weighted by Crippen LogP contribution is 2.28. The molecule has 1 unspecified atom stereocenters. The average molecular weight is 330 g/mol. The first-order chi connectivity index (χ1) is 8.41. The number of aliphatic hydroxyl groups excluding tert-OH is 1. The SMILES string of the molecule is Cc1nn(-c2ccc(C(C)O)cc2Cl)c(C)c1Br. The summed E-state index contributed by atoms with van der Waals surface area (Å²) in [6, 6.07) is 5.50. The van der Waals surface area contributed by atoms with Gasteiger partial charge in [-0.15, -0.1) is 0 Å². The van der Waals surface area contributed by atoms with Crippen LogP contribution in [0.3, 0.4) is 0 Å². The second-order valence-corrected chi connectivity index (χ2v) is 5.48. The van der Waals surface area contributed by atoms with Crippen molar-refractivity contribution < 1.29 is 5.11 Å². The summed E-state index contributed by atoms with van der Waals surface area (Å²) in [5, 5.41) is 14.5. The molecule has 1 heterocycles. The van der Waals surface area contributed by atoms with E-state index >= 15 is 0 Å². The van der Waals surface area contributed by atoms with Crippen LogP contribution in [-0.4, -0.2) is 14.9 Å². The quantitative estimate of drug-likeness (QED) is 0.905. The zero-order chi connectivity index (χ0) is 13.4. The summed E-state index contributed by atoms with van der Waals surface area (Å²) in [6.07, 6.45) is -0.524. The predicted octanol–water partition coefficient (Wildman–Crippen LogP) is 3.96. The minimum absolute atomic E-state index is 0.524. The summed E-state index contributed by atoms with van der Waals surface area (Å²) in [7, 11) is 0. The fraction of sp³-hybridized carbons (Fsp3) is 0.308. The third-order valence-corrected chi connectivity index (χ3v) is 4.34. The third-order valence-electron chi connectivity index (χ3n) is 2.89. The van der Waals surface area contributed by atoms with Crippen molar-refractivity contribution in [1.29, 1.82) is 0 Å². The molecule has 1 atom stereocenters. The Morgan fingerprint density at radius 1 is 1.39 bits per heavy atom. The van der Waals surface area contributed by atoms with E-state index in [-0.39, 0.29) is 0 Å². The summed E-state index contributed by atoms with van der Waals surface area (Å²) in [5.41, 5.74) is 3.53. The molecule has 3 nitrogen and oxygen atoms in total. The van der Waals surface area contributed by atoms with Gasteiger partial charge in [-0.3, -0.25) is 0 Å². The third kappa shape index (κ3) is 2.32. The lowest BCUT2D eigenvalue weighted by Crippen LogP contribution is -2.01. The number of aliphatic hydroxyl groups is 1. The molecule has 1 N–H and O–H groups in total. The molecule has 5 heteroatoms. The summed E-state index contributed by atoms with van der Waals surface area (Å²) >= 11 is 9.75. The molecule has 0 fully saturated rings. The first kappa shape index (κ1) is 13.6. The Bertz CT molecular complexity index is 593. The number of rotatable bonds is 2. The van der Waals surface area contributed by atoms with E-state index < -0.39 is 6.10 Å². The van der Waals surface area contributed by atoms with Crippen molar-refractivity contribution in [3.05, 3.63) is 44.6 Å². The fourth-order valence-electron chi connectivity index (χ4n) is 1.81. The van der Waals surface area contributed by atoms with Crippen molar-refractivity contribution in [3.8, 4) is 5.69 Å². The van der Waals surface area contributed by atoms with Crippen molar-refractivity contribution in [1.82, 2.24) is 9.78 Å². The number of benzene rings is 1. The fourth-order valence-corrected chi connectivity index (χ4v) is 2.33. The lowest BCUT2D eigenvalue weighted by molar-refractivity contribution is 0.199. The molecule has 0 aliphatic carbocycles. The Balaban J connectivity index is 2.54. The van der Waals surface area contributed by atoms with Crippen LogP contribution in [0, 0.1) is 13.8 Å². The van der Waals surface area contributed by atoms with E-state index in [9.17, 15) is 5.11 Å². The van der Waals surface area contributed by atoms with E-state index in [1.165, 1.54) is 0 Å². The van der Waals surface area contributed by atoms with E-state index in [4.69, 9.17) is 11.6 Å². The van der Waals surface area contributed by atoms with E-state index in [0.29, 0.717) is 5.02 Å². The molecule has 18 heavy (non-hydrogen) atoms. The smallest absolute Gasteiger partial charge is 0.0835 e. The van der Waals surface area contributed by atoms with Crippen LogP contribution in [0.5, 0.6) is 0 Å². The maximum atomic E-state index is 9.52. The number of hydrogen-bond acceptors (Lipinski definition) is 2. The Labute approximate surface area is 120 Å².